The second kappa shape index (κ2) is 12.4. The molecule has 0 saturated heterocycles. The first kappa shape index (κ1) is 30.2. The van der Waals surface area contributed by atoms with E-state index in [0.29, 0.717) is 11.4 Å². The van der Waals surface area contributed by atoms with Gasteiger partial charge < -0.3 is 10.1 Å². The summed E-state index contributed by atoms with van der Waals surface area (Å²) in [7, 11) is -6.60. The molecule has 4 aromatic carbocycles. The smallest absolute Gasteiger partial charge is 0.264 e. The Morgan fingerprint density at radius 1 is 0.780 bits per heavy atom. The lowest BCUT2D eigenvalue weighted by Gasteiger charge is -2.24. The average molecular weight is 635 g/mol. The number of hydrogen-bond donors (Lipinski definition) is 2. The van der Waals surface area contributed by atoms with Crippen molar-refractivity contribution in [2.24, 2.45) is 0 Å². The van der Waals surface area contributed by atoms with Crippen molar-refractivity contribution in [1.29, 1.82) is 0 Å². The van der Waals surface area contributed by atoms with Crippen molar-refractivity contribution in [3.05, 3.63) is 107 Å². The Kier molecular flexibility index (Phi) is 9.13. The van der Waals surface area contributed by atoms with Crippen LogP contribution in [0, 0.1) is 6.92 Å². The summed E-state index contributed by atoms with van der Waals surface area (Å²) in [5.74, 6) is -0.0968. The topological polar surface area (TPSA) is 122 Å². The standard InChI is InChI=1S/C28H25Cl2N3O6S2/c1-19-3-11-27(12-4-19)41(37,38)33(24-16-20(29)15-21(30)17-24)18-28(34)31-22-7-13-26(14-8-22)40(35,36)32-23-5-9-25(39-2)10-6-23/h3-17,32H,18H2,1-2H3,(H,31,34). The van der Waals surface area contributed by atoms with Crippen LogP contribution in [0.15, 0.2) is 101 Å². The first-order valence-electron chi connectivity index (χ1n) is 12.0. The van der Waals surface area contributed by atoms with E-state index in [9.17, 15) is 21.6 Å². The predicted octanol–water partition coefficient (Wildman–Crippen LogP) is 5.95. The number of carbonyl (C=O) groups is 1. The molecule has 0 saturated carbocycles. The second-order valence-electron chi connectivity index (χ2n) is 8.86. The van der Waals surface area contributed by atoms with Crippen molar-refractivity contribution >= 4 is 66.2 Å². The molecule has 0 aliphatic rings. The highest BCUT2D eigenvalue weighted by atomic mass is 35.5. The molecule has 4 rings (SSSR count). The number of anilines is 3. The molecule has 0 aliphatic heterocycles. The normalized spacial score (nSPS) is 11.5. The third-order valence-electron chi connectivity index (χ3n) is 5.82. The molecule has 0 unspecified atom stereocenters. The number of benzene rings is 4. The molecule has 1 amide bonds. The molecule has 0 heterocycles. The SMILES string of the molecule is COc1ccc(NS(=O)(=O)c2ccc(NC(=O)CN(c3cc(Cl)cc(Cl)c3)S(=O)(=O)c3ccc(C)cc3)cc2)cc1. The number of rotatable bonds is 10. The molecule has 0 aromatic heterocycles. The van der Waals surface area contributed by atoms with Gasteiger partial charge in [-0.2, -0.15) is 0 Å². The Morgan fingerprint density at radius 3 is 1.88 bits per heavy atom. The molecule has 4 aromatic rings. The van der Waals surface area contributed by atoms with Crippen molar-refractivity contribution in [3.63, 3.8) is 0 Å². The number of methoxy groups -OCH3 is 1. The minimum atomic E-state index is -4.19. The van der Waals surface area contributed by atoms with Crippen LogP contribution in [0.3, 0.4) is 0 Å². The Hall–Kier alpha value is -3.77. The fourth-order valence-corrected chi connectivity index (χ4v) is 6.74. The van der Waals surface area contributed by atoms with Crippen molar-refractivity contribution < 1.29 is 26.4 Å². The summed E-state index contributed by atoms with van der Waals surface area (Å²) < 4.78 is 61.2. The molecule has 2 N–H and O–H groups in total. The van der Waals surface area contributed by atoms with Gasteiger partial charge in [0.25, 0.3) is 20.0 Å². The van der Waals surface area contributed by atoms with Gasteiger partial charge in [-0.15, -0.1) is 0 Å². The Labute approximate surface area is 248 Å². The molecule has 0 atom stereocenters. The van der Waals surface area contributed by atoms with Crippen molar-refractivity contribution in [2.75, 3.05) is 28.0 Å². The molecule has 0 aliphatic carbocycles. The van der Waals surface area contributed by atoms with Gasteiger partial charge >= 0.3 is 0 Å². The summed E-state index contributed by atoms with van der Waals surface area (Å²) in [6.07, 6.45) is 0. The molecule has 9 nitrogen and oxygen atoms in total. The van der Waals surface area contributed by atoms with Crippen molar-refractivity contribution in [2.45, 2.75) is 16.7 Å². The maximum atomic E-state index is 13.6. The van der Waals surface area contributed by atoms with Crippen LogP contribution in [0.5, 0.6) is 5.75 Å². The number of aryl methyl sites for hydroxylation is 1. The van der Waals surface area contributed by atoms with Crippen LogP contribution in [0.25, 0.3) is 0 Å². The van der Waals surface area contributed by atoms with Gasteiger partial charge in [0, 0.05) is 21.4 Å². The van der Waals surface area contributed by atoms with Crippen LogP contribution >= 0.6 is 23.2 Å². The molecule has 0 bridgehead atoms. The number of ether oxygens (including phenoxy) is 1. The highest BCUT2D eigenvalue weighted by molar-refractivity contribution is 7.93. The summed E-state index contributed by atoms with van der Waals surface area (Å²) in [5.41, 5.74) is 1.57. The molecular formula is C28H25Cl2N3O6S2. The Morgan fingerprint density at radius 2 is 1.32 bits per heavy atom. The fraction of sp³-hybridized carbons (Fsp3) is 0.107. The Bertz CT molecular complexity index is 1740. The maximum Gasteiger partial charge on any atom is 0.264 e. The fourth-order valence-electron chi connectivity index (χ4n) is 3.76. The maximum absolute atomic E-state index is 13.6. The number of carbonyl (C=O) groups excluding carboxylic acids is 1. The van der Waals surface area contributed by atoms with Crippen LogP contribution in [0.2, 0.25) is 10.0 Å². The number of nitrogens with one attached hydrogen (secondary N) is 2. The summed E-state index contributed by atoms with van der Waals surface area (Å²) in [6, 6.07) is 22.2. The van der Waals surface area contributed by atoms with Gasteiger partial charge in [-0.25, -0.2) is 16.8 Å². The van der Waals surface area contributed by atoms with E-state index in [-0.39, 0.29) is 31.2 Å². The molecule has 41 heavy (non-hydrogen) atoms. The zero-order valence-electron chi connectivity index (χ0n) is 21.8. The zero-order valence-corrected chi connectivity index (χ0v) is 25.0. The third kappa shape index (κ3) is 7.50. The lowest BCUT2D eigenvalue weighted by Crippen LogP contribution is -2.38. The zero-order chi connectivity index (χ0) is 29.8. The lowest BCUT2D eigenvalue weighted by molar-refractivity contribution is -0.114. The Balaban J connectivity index is 1.53. The van der Waals surface area contributed by atoms with Crippen molar-refractivity contribution in [3.8, 4) is 5.75 Å². The quantitative estimate of drug-likeness (QED) is 0.223. The van der Waals surface area contributed by atoms with Gasteiger partial charge in [-0.3, -0.25) is 13.8 Å². The van der Waals surface area contributed by atoms with E-state index in [2.05, 4.69) is 10.0 Å². The highest BCUT2D eigenvalue weighted by Gasteiger charge is 2.28. The molecule has 0 spiro atoms. The van der Waals surface area contributed by atoms with E-state index in [4.69, 9.17) is 27.9 Å². The van der Waals surface area contributed by atoms with E-state index in [1.54, 1.807) is 36.4 Å². The van der Waals surface area contributed by atoms with Gasteiger partial charge in [0.15, 0.2) is 0 Å². The molecule has 0 fully saturated rings. The third-order valence-corrected chi connectivity index (χ3v) is 9.44. The number of nitrogens with zero attached hydrogens (tertiary/aromatic N) is 1. The number of hydrogen-bond acceptors (Lipinski definition) is 6. The first-order valence-corrected chi connectivity index (χ1v) is 15.7. The minimum absolute atomic E-state index is 0.0223. The predicted molar refractivity (Wildman–Crippen MR) is 161 cm³/mol. The van der Waals surface area contributed by atoms with Gasteiger partial charge in [0.1, 0.15) is 12.3 Å². The van der Waals surface area contributed by atoms with Crippen LogP contribution in [-0.2, 0) is 24.8 Å². The van der Waals surface area contributed by atoms with E-state index in [0.717, 1.165) is 9.87 Å². The second-order valence-corrected chi connectivity index (χ2v) is 13.3. The monoisotopic (exact) mass is 633 g/mol. The van der Waals surface area contributed by atoms with Crippen LogP contribution in [0.4, 0.5) is 17.1 Å². The molecule has 0 radical (unpaired) electrons. The molecule has 214 valence electrons. The van der Waals surface area contributed by atoms with Gasteiger partial charge in [-0.1, -0.05) is 40.9 Å². The molecule has 13 heteroatoms. The molecular weight excluding hydrogens is 609 g/mol. The van der Waals surface area contributed by atoms with Crippen LogP contribution in [0.1, 0.15) is 5.56 Å². The summed E-state index contributed by atoms with van der Waals surface area (Å²) in [6.45, 7) is 1.22. The lowest BCUT2D eigenvalue weighted by atomic mass is 10.2. The van der Waals surface area contributed by atoms with Gasteiger partial charge in [0.05, 0.1) is 22.6 Å². The highest BCUT2D eigenvalue weighted by Crippen LogP contribution is 2.30. The van der Waals surface area contributed by atoms with Crippen LogP contribution in [-0.4, -0.2) is 36.4 Å². The van der Waals surface area contributed by atoms with E-state index in [1.807, 2.05) is 6.92 Å². The van der Waals surface area contributed by atoms with E-state index in [1.165, 1.54) is 61.7 Å². The number of amides is 1. The number of halogens is 2. The van der Waals surface area contributed by atoms with Crippen molar-refractivity contribution in [1.82, 2.24) is 0 Å². The summed E-state index contributed by atoms with van der Waals surface area (Å²) in [4.78, 5) is 13.0. The largest absolute Gasteiger partial charge is 0.497 e. The average Bonchev–Trinajstić information content (AvgIpc) is 2.92. The minimum Gasteiger partial charge on any atom is -0.497 e. The summed E-state index contributed by atoms with van der Waals surface area (Å²) >= 11 is 12.3. The van der Waals surface area contributed by atoms with Gasteiger partial charge in [0.2, 0.25) is 5.91 Å². The van der Waals surface area contributed by atoms with E-state index >= 15 is 0 Å². The summed E-state index contributed by atoms with van der Waals surface area (Å²) in [5, 5.41) is 2.99. The first-order chi connectivity index (χ1) is 19.4. The van der Waals surface area contributed by atoms with Crippen LogP contribution < -0.4 is 19.1 Å². The van der Waals surface area contributed by atoms with Gasteiger partial charge in [-0.05, 0) is 85.8 Å². The number of sulfonamides is 2. The van der Waals surface area contributed by atoms with E-state index < -0.39 is 32.5 Å².